The molecule has 1 atom stereocenters. The van der Waals surface area contributed by atoms with Gasteiger partial charge in [0, 0.05) is 6.61 Å². The van der Waals surface area contributed by atoms with E-state index in [1.54, 1.807) is 36.4 Å². The zero-order valence-corrected chi connectivity index (χ0v) is 25.4. The first-order valence-electron chi connectivity index (χ1n) is 15.4. The van der Waals surface area contributed by atoms with Crippen molar-refractivity contribution in [2.45, 2.75) is 84.7 Å². The van der Waals surface area contributed by atoms with Gasteiger partial charge in [-0.2, -0.15) is 0 Å². The van der Waals surface area contributed by atoms with Crippen molar-refractivity contribution >= 4 is 11.9 Å². The van der Waals surface area contributed by atoms with Gasteiger partial charge in [-0.3, -0.25) is 0 Å². The Bertz CT molecular complexity index is 1190. The van der Waals surface area contributed by atoms with Gasteiger partial charge in [0.25, 0.3) is 0 Å². The molecule has 3 aromatic carbocycles. The van der Waals surface area contributed by atoms with E-state index in [2.05, 4.69) is 13.8 Å². The Morgan fingerprint density at radius 3 is 1.83 bits per heavy atom. The Morgan fingerprint density at radius 1 is 0.595 bits per heavy atom. The molecule has 6 nitrogen and oxygen atoms in total. The average molecular weight is 575 g/mol. The van der Waals surface area contributed by atoms with Gasteiger partial charge >= 0.3 is 11.9 Å². The highest BCUT2D eigenvalue weighted by atomic mass is 16.5. The molecule has 0 saturated heterocycles. The Kier molecular flexibility index (Phi) is 14.7. The van der Waals surface area contributed by atoms with Gasteiger partial charge in [-0.05, 0) is 92.3 Å². The predicted octanol–water partition coefficient (Wildman–Crippen LogP) is 9.06. The van der Waals surface area contributed by atoms with Crippen molar-refractivity contribution in [3.05, 3.63) is 83.9 Å². The first kappa shape index (κ1) is 32.9. The molecule has 0 heterocycles. The van der Waals surface area contributed by atoms with Gasteiger partial charge in [0.1, 0.15) is 11.5 Å². The summed E-state index contributed by atoms with van der Waals surface area (Å²) in [5.41, 5.74) is 2.90. The molecular formula is C36H46O6. The van der Waals surface area contributed by atoms with Crippen LogP contribution in [-0.2, 0) is 9.47 Å². The Balaban J connectivity index is 1.41. The lowest BCUT2D eigenvalue weighted by atomic mass is 10.0. The molecule has 0 saturated carbocycles. The van der Waals surface area contributed by atoms with E-state index >= 15 is 0 Å². The summed E-state index contributed by atoms with van der Waals surface area (Å²) in [6.07, 6.45) is 10.2. The van der Waals surface area contributed by atoms with Gasteiger partial charge in [-0.1, -0.05) is 70.2 Å². The van der Waals surface area contributed by atoms with Gasteiger partial charge in [0.2, 0.25) is 0 Å². The van der Waals surface area contributed by atoms with Crippen LogP contribution in [0.5, 0.6) is 11.5 Å². The third-order valence-electron chi connectivity index (χ3n) is 6.97. The summed E-state index contributed by atoms with van der Waals surface area (Å²) in [5.74, 6) is 0.367. The van der Waals surface area contributed by atoms with E-state index < -0.39 is 11.9 Å². The lowest BCUT2D eigenvalue weighted by Crippen LogP contribution is -2.12. The maximum atomic E-state index is 12.7. The van der Waals surface area contributed by atoms with Gasteiger partial charge < -0.3 is 18.9 Å². The quantitative estimate of drug-likeness (QED) is 0.0808. The SMILES string of the molecule is CCCCCCCCOc1ccc(-c2ccc(C(=O)Oc3ccc(C(=O)OCCCC(C)OCCC)cc3)cc2)cc1. The zero-order valence-electron chi connectivity index (χ0n) is 25.4. The molecule has 0 aliphatic heterocycles. The second-order valence-corrected chi connectivity index (χ2v) is 10.6. The maximum absolute atomic E-state index is 12.7. The molecule has 0 aliphatic carbocycles. The maximum Gasteiger partial charge on any atom is 0.343 e. The number of benzene rings is 3. The summed E-state index contributed by atoms with van der Waals surface area (Å²) in [6, 6.07) is 21.7. The van der Waals surface area contributed by atoms with E-state index in [9.17, 15) is 9.59 Å². The number of hydrogen-bond donors (Lipinski definition) is 0. The van der Waals surface area contributed by atoms with Crippen molar-refractivity contribution in [3.63, 3.8) is 0 Å². The number of carbonyl (C=O) groups is 2. The molecule has 0 aliphatic rings. The number of unbranched alkanes of at least 4 members (excludes halogenated alkanes) is 5. The molecule has 0 amide bonds. The second kappa shape index (κ2) is 18.7. The summed E-state index contributed by atoms with van der Waals surface area (Å²) in [6.45, 7) is 8.15. The third-order valence-corrected chi connectivity index (χ3v) is 6.97. The lowest BCUT2D eigenvalue weighted by Gasteiger charge is -2.12. The normalized spacial score (nSPS) is 11.6. The molecule has 1 unspecified atom stereocenters. The van der Waals surface area contributed by atoms with Crippen molar-refractivity contribution < 1.29 is 28.5 Å². The van der Waals surface area contributed by atoms with Crippen LogP contribution in [0.25, 0.3) is 11.1 Å². The van der Waals surface area contributed by atoms with Crippen LogP contribution in [0.1, 0.15) is 99.3 Å². The first-order chi connectivity index (χ1) is 20.5. The van der Waals surface area contributed by atoms with Crippen LogP contribution in [0.3, 0.4) is 0 Å². The molecule has 226 valence electrons. The molecule has 0 fully saturated rings. The van der Waals surface area contributed by atoms with Gasteiger partial charge in [0.15, 0.2) is 0 Å². The summed E-state index contributed by atoms with van der Waals surface area (Å²) >= 11 is 0. The van der Waals surface area contributed by atoms with Gasteiger partial charge in [0.05, 0.1) is 30.4 Å². The van der Waals surface area contributed by atoms with Crippen LogP contribution in [0, 0.1) is 0 Å². The Morgan fingerprint density at radius 2 is 1.17 bits per heavy atom. The number of esters is 2. The van der Waals surface area contributed by atoms with Crippen LogP contribution in [0.4, 0.5) is 0 Å². The van der Waals surface area contributed by atoms with E-state index in [1.165, 1.54) is 32.1 Å². The van der Waals surface area contributed by atoms with Crippen LogP contribution >= 0.6 is 0 Å². The molecule has 42 heavy (non-hydrogen) atoms. The zero-order chi connectivity index (χ0) is 30.0. The van der Waals surface area contributed by atoms with Crippen LogP contribution in [-0.4, -0.2) is 37.9 Å². The molecule has 3 rings (SSSR count). The van der Waals surface area contributed by atoms with E-state index in [4.69, 9.17) is 18.9 Å². The predicted molar refractivity (Wildman–Crippen MR) is 167 cm³/mol. The number of carbonyl (C=O) groups excluding carboxylic acids is 2. The van der Waals surface area contributed by atoms with E-state index in [-0.39, 0.29) is 6.10 Å². The van der Waals surface area contributed by atoms with Gasteiger partial charge in [-0.25, -0.2) is 9.59 Å². The van der Waals surface area contributed by atoms with E-state index in [1.807, 2.05) is 43.3 Å². The lowest BCUT2D eigenvalue weighted by molar-refractivity contribution is 0.0393. The third kappa shape index (κ3) is 11.7. The molecule has 0 bridgehead atoms. The largest absolute Gasteiger partial charge is 0.494 e. The summed E-state index contributed by atoms with van der Waals surface area (Å²) in [7, 11) is 0. The molecule has 0 N–H and O–H groups in total. The number of rotatable bonds is 19. The van der Waals surface area contributed by atoms with Crippen molar-refractivity contribution in [2.24, 2.45) is 0 Å². The minimum atomic E-state index is -0.463. The van der Waals surface area contributed by atoms with Crippen molar-refractivity contribution in [1.82, 2.24) is 0 Å². The van der Waals surface area contributed by atoms with Crippen LogP contribution in [0.2, 0.25) is 0 Å². The smallest absolute Gasteiger partial charge is 0.343 e. The molecule has 0 aromatic heterocycles. The minimum Gasteiger partial charge on any atom is -0.494 e. The van der Waals surface area contributed by atoms with E-state index in [0.29, 0.717) is 23.5 Å². The highest BCUT2D eigenvalue weighted by Gasteiger charge is 2.12. The van der Waals surface area contributed by atoms with E-state index in [0.717, 1.165) is 55.8 Å². The minimum absolute atomic E-state index is 0.153. The summed E-state index contributed by atoms with van der Waals surface area (Å²) < 4.78 is 22.4. The molecule has 3 aromatic rings. The highest BCUT2D eigenvalue weighted by molar-refractivity contribution is 5.92. The van der Waals surface area contributed by atoms with Crippen molar-refractivity contribution in [3.8, 4) is 22.6 Å². The fourth-order valence-corrected chi connectivity index (χ4v) is 4.46. The van der Waals surface area contributed by atoms with Crippen molar-refractivity contribution in [1.29, 1.82) is 0 Å². The first-order valence-corrected chi connectivity index (χ1v) is 15.4. The van der Waals surface area contributed by atoms with Crippen LogP contribution < -0.4 is 9.47 Å². The molecule has 0 spiro atoms. The molecular weight excluding hydrogens is 528 g/mol. The van der Waals surface area contributed by atoms with Crippen molar-refractivity contribution in [2.75, 3.05) is 19.8 Å². The summed E-state index contributed by atoms with van der Waals surface area (Å²) in [4.78, 5) is 25.0. The topological polar surface area (TPSA) is 71.1 Å². The molecule has 0 radical (unpaired) electrons. The molecule has 6 heteroatoms. The summed E-state index contributed by atoms with van der Waals surface area (Å²) in [5, 5.41) is 0. The number of ether oxygens (including phenoxy) is 4. The number of hydrogen-bond acceptors (Lipinski definition) is 6. The monoisotopic (exact) mass is 574 g/mol. The second-order valence-electron chi connectivity index (χ2n) is 10.6. The Labute approximate surface area is 251 Å². The fraction of sp³-hybridized carbons (Fsp3) is 0.444. The highest BCUT2D eigenvalue weighted by Crippen LogP contribution is 2.24. The standard InChI is InChI=1S/C36H46O6/c1-4-6-7-8-9-10-26-40-33-21-17-30(18-22-33)29-13-15-32(16-14-29)36(38)42-34-23-19-31(20-24-34)35(37)41-27-11-12-28(3)39-25-5-2/h13-24,28H,4-12,25-27H2,1-3H3. The average Bonchev–Trinajstić information content (AvgIpc) is 3.02. The Hall–Kier alpha value is -3.64. The van der Waals surface area contributed by atoms with Gasteiger partial charge in [-0.15, -0.1) is 0 Å². The fourth-order valence-electron chi connectivity index (χ4n) is 4.46. The van der Waals surface area contributed by atoms with Crippen LogP contribution in [0.15, 0.2) is 72.8 Å².